The van der Waals surface area contributed by atoms with Crippen LogP contribution < -0.4 is 26.0 Å². The van der Waals surface area contributed by atoms with Gasteiger partial charge in [0.25, 0.3) is 11.5 Å². The van der Waals surface area contributed by atoms with Crippen LogP contribution in [0.2, 0.25) is 0 Å². The average Bonchev–Trinajstić information content (AvgIpc) is 2.94. The van der Waals surface area contributed by atoms with E-state index in [0.717, 1.165) is 25.2 Å². The first-order chi connectivity index (χ1) is 18.0. The molecule has 0 bridgehead atoms. The Morgan fingerprint density at radius 1 is 1.00 bits per heavy atom. The lowest BCUT2D eigenvalue weighted by molar-refractivity contribution is 0.0383. The van der Waals surface area contributed by atoms with Gasteiger partial charge in [-0.2, -0.15) is 0 Å². The van der Waals surface area contributed by atoms with Gasteiger partial charge >= 0.3 is 5.69 Å². The molecule has 1 aliphatic heterocycles. The lowest BCUT2D eigenvalue weighted by Gasteiger charge is -2.26. The van der Waals surface area contributed by atoms with Crippen LogP contribution in [0.4, 0.5) is 0 Å². The number of hydrogen-bond donors (Lipinski definition) is 2. The SMILES string of the molecule is CC.COc1ccc(CCn2c(=O)[nH]c3cc(C(=O)NCCN4CCOCC4)ccc3c2=O)cc1OC. The molecule has 4 rings (SSSR count). The summed E-state index contributed by atoms with van der Waals surface area (Å²) in [6.07, 6.45) is 0.457. The maximum Gasteiger partial charge on any atom is 0.328 e. The quantitative estimate of drug-likeness (QED) is 0.451. The number of aromatic nitrogens is 2. The van der Waals surface area contributed by atoms with Crippen molar-refractivity contribution in [3.05, 3.63) is 68.4 Å². The Kier molecular flexibility index (Phi) is 10.3. The lowest BCUT2D eigenvalue weighted by Crippen LogP contribution is -2.41. The fraction of sp³-hybridized carbons (Fsp3) is 0.444. The minimum Gasteiger partial charge on any atom is -0.493 e. The summed E-state index contributed by atoms with van der Waals surface area (Å²) in [6.45, 7) is 8.56. The summed E-state index contributed by atoms with van der Waals surface area (Å²) >= 11 is 0. The molecule has 0 unspecified atom stereocenters. The van der Waals surface area contributed by atoms with Gasteiger partial charge in [0, 0.05) is 38.3 Å². The van der Waals surface area contributed by atoms with E-state index in [2.05, 4.69) is 15.2 Å². The number of carbonyl (C=O) groups excluding carboxylic acids is 1. The Morgan fingerprint density at radius 2 is 1.73 bits per heavy atom. The Labute approximate surface area is 216 Å². The van der Waals surface area contributed by atoms with Crippen LogP contribution in [-0.2, 0) is 17.7 Å². The largest absolute Gasteiger partial charge is 0.493 e. The zero-order valence-corrected chi connectivity index (χ0v) is 22.0. The first-order valence-electron chi connectivity index (χ1n) is 12.6. The van der Waals surface area contributed by atoms with Crippen LogP contribution in [0.1, 0.15) is 29.8 Å². The third-order valence-corrected chi connectivity index (χ3v) is 6.13. The Bertz CT molecular complexity index is 1310. The van der Waals surface area contributed by atoms with Crippen molar-refractivity contribution in [2.45, 2.75) is 26.8 Å². The van der Waals surface area contributed by atoms with E-state index in [1.165, 1.54) is 4.57 Å². The summed E-state index contributed by atoms with van der Waals surface area (Å²) in [6, 6.07) is 10.2. The maximum atomic E-state index is 13.0. The number of amides is 1. The fourth-order valence-electron chi connectivity index (χ4n) is 4.13. The predicted molar refractivity (Wildman–Crippen MR) is 143 cm³/mol. The van der Waals surface area contributed by atoms with E-state index in [0.29, 0.717) is 54.1 Å². The molecule has 10 nitrogen and oxygen atoms in total. The van der Waals surface area contributed by atoms with Crippen molar-refractivity contribution in [3.8, 4) is 11.5 Å². The van der Waals surface area contributed by atoms with Gasteiger partial charge in [-0.25, -0.2) is 4.79 Å². The van der Waals surface area contributed by atoms with Crippen LogP contribution >= 0.6 is 0 Å². The van der Waals surface area contributed by atoms with Crippen molar-refractivity contribution < 1.29 is 19.0 Å². The van der Waals surface area contributed by atoms with Gasteiger partial charge in [0.1, 0.15) is 0 Å². The van der Waals surface area contributed by atoms with Gasteiger partial charge in [-0.1, -0.05) is 19.9 Å². The molecule has 2 heterocycles. The topological polar surface area (TPSA) is 115 Å². The molecule has 0 atom stereocenters. The minimum absolute atomic E-state index is 0.198. The van der Waals surface area contributed by atoms with E-state index < -0.39 is 11.2 Å². The standard InChI is InChI=1S/C25H30N4O6.C2H6/c1-33-21-6-3-17(15-22(21)34-2)7-9-29-24(31)19-5-4-18(16-20(19)27-25(29)32)23(30)26-8-10-28-11-13-35-14-12-28;1-2/h3-6,15-16H,7-14H2,1-2H3,(H,26,30)(H,27,32);1-2H3. The highest BCUT2D eigenvalue weighted by atomic mass is 16.5. The summed E-state index contributed by atoms with van der Waals surface area (Å²) < 4.78 is 17.1. The van der Waals surface area contributed by atoms with Gasteiger partial charge < -0.3 is 24.5 Å². The van der Waals surface area contributed by atoms with E-state index in [1.807, 2.05) is 26.0 Å². The monoisotopic (exact) mass is 512 g/mol. The second kappa shape index (κ2) is 13.6. The number of rotatable bonds is 9. The molecule has 37 heavy (non-hydrogen) atoms. The highest BCUT2D eigenvalue weighted by molar-refractivity contribution is 5.97. The molecule has 3 aromatic rings. The Balaban J connectivity index is 0.00000186. The molecule has 200 valence electrons. The number of ether oxygens (including phenoxy) is 3. The number of nitrogens with one attached hydrogen (secondary N) is 2. The van der Waals surface area contributed by atoms with Gasteiger partial charge in [-0.3, -0.25) is 19.1 Å². The van der Waals surface area contributed by atoms with E-state index in [4.69, 9.17) is 14.2 Å². The second-order valence-corrected chi connectivity index (χ2v) is 8.30. The highest BCUT2D eigenvalue weighted by Gasteiger charge is 2.14. The molecule has 2 aromatic carbocycles. The third kappa shape index (κ3) is 6.99. The van der Waals surface area contributed by atoms with E-state index >= 15 is 0 Å². The molecule has 0 saturated carbocycles. The number of aromatic amines is 1. The number of fused-ring (bicyclic) bond motifs is 1. The van der Waals surface area contributed by atoms with Gasteiger partial charge in [-0.05, 0) is 42.3 Å². The molecule has 1 amide bonds. The average molecular weight is 513 g/mol. The first-order valence-corrected chi connectivity index (χ1v) is 12.6. The van der Waals surface area contributed by atoms with Crippen LogP contribution in [0.3, 0.4) is 0 Å². The number of H-pyrrole nitrogens is 1. The van der Waals surface area contributed by atoms with Crippen molar-refractivity contribution in [2.24, 2.45) is 0 Å². The lowest BCUT2D eigenvalue weighted by atomic mass is 10.1. The number of morpholine rings is 1. The van der Waals surface area contributed by atoms with Gasteiger partial charge in [0.2, 0.25) is 0 Å². The molecule has 0 spiro atoms. The summed E-state index contributed by atoms with van der Waals surface area (Å²) in [7, 11) is 3.12. The molecule has 1 fully saturated rings. The smallest absolute Gasteiger partial charge is 0.328 e. The van der Waals surface area contributed by atoms with Crippen LogP contribution in [0.15, 0.2) is 46.0 Å². The van der Waals surface area contributed by atoms with E-state index in [1.54, 1.807) is 38.5 Å². The van der Waals surface area contributed by atoms with Crippen molar-refractivity contribution >= 4 is 16.8 Å². The summed E-state index contributed by atoms with van der Waals surface area (Å²) in [5.41, 5.74) is 0.704. The number of benzene rings is 2. The van der Waals surface area contributed by atoms with E-state index in [9.17, 15) is 14.4 Å². The first kappa shape index (κ1) is 27.9. The Morgan fingerprint density at radius 3 is 2.43 bits per heavy atom. The zero-order valence-electron chi connectivity index (χ0n) is 22.0. The minimum atomic E-state index is -0.521. The molecule has 1 saturated heterocycles. The highest BCUT2D eigenvalue weighted by Crippen LogP contribution is 2.27. The fourth-order valence-corrected chi connectivity index (χ4v) is 4.13. The van der Waals surface area contributed by atoms with Crippen LogP contribution in [0.5, 0.6) is 11.5 Å². The second-order valence-electron chi connectivity index (χ2n) is 8.30. The van der Waals surface area contributed by atoms with Crippen molar-refractivity contribution in [1.82, 2.24) is 19.8 Å². The Hall–Kier alpha value is -3.63. The molecule has 1 aliphatic rings. The maximum absolute atomic E-state index is 13.0. The summed E-state index contributed by atoms with van der Waals surface area (Å²) in [4.78, 5) is 43.2. The van der Waals surface area contributed by atoms with Crippen molar-refractivity contribution in [3.63, 3.8) is 0 Å². The molecule has 2 N–H and O–H groups in total. The van der Waals surface area contributed by atoms with Crippen molar-refractivity contribution in [2.75, 3.05) is 53.6 Å². The number of methoxy groups -OCH3 is 2. The molecule has 10 heteroatoms. The number of nitrogens with zero attached hydrogens (tertiary/aromatic N) is 2. The predicted octanol–water partition coefficient (Wildman–Crippen LogP) is 2.04. The van der Waals surface area contributed by atoms with Gasteiger partial charge in [-0.15, -0.1) is 0 Å². The van der Waals surface area contributed by atoms with Crippen LogP contribution in [0, 0.1) is 0 Å². The third-order valence-electron chi connectivity index (χ3n) is 6.13. The van der Waals surface area contributed by atoms with Gasteiger partial charge in [0.05, 0.1) is 38.3 Å². The normalized spacial score (nSPS) is 13.5. The van der Waals surface area contributed by atoms with Crippen LogP contribution in [-0.4, -0.2) is 74.0 Å². The molecule has 0 aliphatic carbocycles. The van der Waals surface area contributed by atoms with Crippen molar-refractivity contribution in [1.29, 1.82) is 0 Å². The molecule has 0 radical (unpaired) electrons. The molecular formula is C27H36N4O6. The summed E-state index contributed by atoms with van der Waals surface area (Å²) in [5, 5.41) is 3.24. The number of carbonyl (C=O) groups is 1. The molecule has 1 aromatic heterocycles. The summed E-state index contributed by atoms with van der Waals surface area (Å²) in [5.74, 6) is 0.942. The number of hydrogen-bond acceptors (Lipinski definition) is 7. The molecular weight excluding hydrogens is 476 g/mol. The van der Waals surface area contributed by atoms with Crippen LogP contribution in [0.25, 0.3) is 10.9 Å². The number of aryl methyl sites for hydroxylation is 1. The van der Waals surface area contributed by atoms with E-state index in [-0.39, 0.29) is 12.5 Å². The van der Waals surface area contributed by atoms with Gasteiger partial charge in [0.15, 0.2) is 11.5 Å². The zero-order chi connectivity index (χ0) is 26.8.